The van der Waals surface area contributed by atoms with Crippen LogP contribution in [-0.4, -0.2) is 31.6 Å². The van der Waals surface area contributed by atoms with Crippen molar-refractivity contribution in [1.29, 1.82) is 5.41 Å². The molecule has 0 atom stereocenters. The maximum Gasteiger partial charge on any atom is 0.281 e. The zero-order chi connectivity index (χ0) is 32.9. The summed E-state index contributed by atoms with van der Waals surface area (Å²) in [6.07, 6.45) is 3.84. The predicted molar refractivity (Wildman–Crippen MR) is 188 cm³/mol. The van der Waals surface area contributed by atoms with Crippen molar-refractivity contribution in [3.63, 3.8) is 0 Å². The van der Waals surface area contributed by atoms with Gasteiger partial charge in [-0.15, -0.1) is 0 Å². The van der Waals surface area contributed by atoms with Gasteiger partial charge in [0, 0.05) is 17.0 Å². The van der Waals surface area contributed by atoms with E-state index in [1.807, 2.05) is 128 Å². The van der Waals surface area contributed by atoms with Gasteiger partial charge in [0.2, 0.25) is 5.88 Å². The number of rotatable bonds is 9. The van der Waals surface area contributed by atoms with Crippen LogP contribution in [0, 0.1) is 5.41 Å². The summed E-state index contributed by atoms with van der Waals surface area (Å²) in [6, 6.07) is 34.1. The Kier molecular flexibility index (Phi) is 8.84. The number of carbonyl (C=O) groups is 1. The summed E-state index contributed by atoms with van der Waals surface area (Å²) in [4.78, 5) is 14.1. The summed E-state index contributed by atoms with van der Waals surface area (Å²) >= 11 is 0. The van der Waals surface area contributed by atoms with Gasteiger partial charge in [-0.25, -0.2) is 0 Å². The van der Waals surface area contributed by atoms with Crippen molar-refractivity contribution in [3.8, 4) is 11.5 Å². The topological polar surface area (TPSA) is 96.2 Å². The number of ether oxygens (including phenoxy) is 3. The highest BCUT2D eigenvalue weighted by Gasteiger charge is 2.32. The summed E-state index contributed by atoms with van der Waals surface area (Å²) in [5.41, 5.74) is 6.29. The van der Waals surface area contributed by atoms with E-state index in [9.17, 15) is 4.79 Å². The second-order valence-electron chi connectivity index (χ2n) is 10.9. The van der Waals surface area contributed by atoms with Crippen LogP contribution in [0.5, 0.6) is 11.5 Å². The number of anilines is 2. The lowest BCUT2D eigenvalue weighted by Crippen LogP contribution is -2.22. The molecule has 234 valence electrons. The average Bonchev–Trinajstić information content (AvgIpc) is 3.40. The number of carbonyl (C=O) groups excluding carboxylic acids is 1. The summed E-state index contributed by atoms with van der Waals surface area (Å²) < 4.78 is 17.3. The highest BCUT2D eigenvalue weighted by Crippen LogP contribution is 2.38. The molecule has 2 N–H and O–H groups in total. The van der Waals surface area contributed by atoms with Crippen LogP contribution < -0.4 is 19.8 Å². The molecule has 0 fully saturated rings. The number of benzene rings is 4. The first-order chi connectivity index (χ1) is 22.9. The molecule has 47 heavy (non-hydrogen) atoms. The number of allylic oxidation sites excluding steroid dienone is 5. The molecule has 2 heterocycles. The van der Waals surface area contributed by atoms with Gasteiger partial charge in [0.15, 0.2) is 0 Å². The normalized spacial score (nSPS) is 16.4. The number of amides is 1. The molecular weight excluding hydrogens is 588 g/mol. The van der Waals surface area contributed by atoms with Crippen LogP contribution in [0.1, 0.15) is 25.0 Å². The maximum atomic E-state index is 14.1. The van der Waals surface area contributed by atoms with Gasteiger partial charge in [0.1, 0.15) is 17.3 Å². The van der Waals surface area contributed by atoms with E-state index >= 15 is 0 Å². The van der Waals surface area contributed by atoms with Crippen LogP contribution in [0.4, 0.5) is 11.4 Å². The lowest BCUT2D eigenvalue weighted by atomic mass is 9.90. The van der Waals surface area contributed by atoms with Crippen LogP contribution in [-0.2, 0) is 9.53 Å². The number of hydrogen-bond donors (Lipinski definition) is 2. The van der Waals surface area contributed by atoms with Crippen LogP contribution >= 0.6 is 0 Å². The van der Waals surface area contributed by atoms with Crippen molar-refractivity contribution in [2.75, 3.05) is 24.5 Å². The Balaban J connectivity index is 1.58. The third kappa shape index (κ3) is 6.48. The molecule has 2 aliphatic rings. The first kappa shape index (κ1) is 30.9. The van der Waals surface area contributed by atoms with E-state index in [1.54, 1.807) is 21.1 Å². The second kappa shape index (κ2) is 13.5. The lowest BCUT2D eigenvalue weighted by molar-refractivity contribution is -0.114. The monoisotopic (exact) mass is 622 g/mol. The summed E-state index contributed by atoms with van der Waals surface area (Å²) in [5, 5.41) is 18.4. The molecule has 0 saturated carbocycles. The number of methoxy groups -OCH3 is 2. The molecule has 0 radical (unpaired) electrons. The fourth-order valence-electron chi connectivity index (χ4n) is 5.46. The molecular formula is C39H34N4O4. The molecule has 0 bridgehead atoms. The molecule has 1 amide bonds. The number of hydrogen-bond acceptors (Lipinski definition) is 7. The first-order valence-electron chi connectivity index (χ1n) is 15.1. The molecule has 0 aliphatic carbocycles. The quantitative estimate of drug-likeness (QED) is 0.145. The van der Waals surface area contributed by atoms with Crippen molar-refractivity contribution < 1.29 is 19.0 Å². The van der Waals surface area contributed by atoms with E-state index in [1.165, 1.54) is 5.01 Å². The average molecular weight is 623 g/mol. The van der Waals surface area contributed by atoms with E-state index in [0.717, 1.165) is 22.6 Å². The lowest BCUT2D eigenvalue weighted by Gasteiger charge is -2.25. The van der Waals surface area contributed by atoms with Crippen molar-refractivity contribution in [2.24, 2.45) is 5.10 Å². The van der Waals surface area contributed by atoms with Gasteiger partial charge in [-0.1, -0.05) is 48.5 Å². The SMILES string of the molecule is COc1ccc(C2=C/C(=C\C(=C3/C(=O)N(c4ccccc4)N=C3C)c3ccc(OC)cc3)C(C(C)=N)=C(Nc3ccccc3)O2)cc1. The van der Waals surface area contributed by atoms with E-state index in [-0.39, 0.29) is 11.6 Å². The number of para-hydroxylation sites is 2. The largest absolute Gasteiger partial charge is 0.497 e. The minimum Gasteiger partial charge on any atom is -0.497 e. The summed E-state index contributed by atoms with van der Waals surface area (Å²) in [7, 11) is 3.24. The highest BCUT2D eigenvalue weighted by molar-refractivity contribution is 6.34. The summed E-state index contributed by atoms with van der Waals surface area (Å²) in [6.45, 7) is 3.55. The standard InChI is InChI=1S/C39H34N4O4/c1-25(40)36-29(24-35(28-17-21-33(46-4)22-18-28)47-38(36)41-30-11-7-5-8-12-30)23-34(27-15-19-32(45-3)20-16-27)37-26(2)42-43(39(37)44)31-13-9-6-10-14-31/h5-24,40-41H,1-4H3/b29-23+,37-34+,40-25?. The molecule has 6 rings (SSSR count). The Labute approximate surface area is 274 Å². The molecule has 4 aromatic rings. The van der Waals surface area contributed by atoms with E-state index in [2.05, 4.69) is 10.4 Å². The zero-order valence-electron chi connectivity index (χ0n) is 26.6. The van der Waals surface area contributed by atoms with Crippen LogP contribution in [0.15, 0.2) is 149 Å². The van der Waals surface area contributed by atoms with Gasteiger partial charge in [-0.2, -0.15) is 10.1 Å². The molecule has 0 saturated heterocycles. The number of nitrogens with zero attached hydrogens (tertiary/aromatic N) is 2. The third-order valence-electron chi connectivity index (χ3n) is 7.78. The second-order valence-corrected chi connectivity index (χ2v) is 10.9. The Hall–Kier alpha value is -6.15. The number of hydrazone groups is 1. The van der Waals surface area contributed by atoms with E-state index in [0.29, 0.717) is 51.1 Å². The van der Waals surface area contributed by atoms with Gasteiger partial charge in [0.25, 0.3) is 5.91 Å². The fourth-order valence-corrected chi connectivity index (χ4v) is 5.46. The van der Waals surface area contributed by atoms with E-state index < -0.39 is 0 Å². The molecule has 0 unspecified atom stereocenters. The highest BCUT2D eigenvalue weighted by atomic mass is 16.5. The minimum atomic E-state index is -0.248. The molecule has 8 heteroatoms. The Morgan fingerprint density at radius 2 is 1.45 bits per heavy atom. The predicted octanol–water partition coefficient (Wildman–Crippen LogP) is 8.24. The van der Waals surface area contributed by atoms with Gasteiger partial charge in [-0.05, 0) is 103 Å². The van der Waals surface area contributed by atoms with Gasteiger partial charge in [-0.3, -0.25) is 4.79 Å². The van der Waals surface area contributed by atoms with Crippen LogP contribution in [0.3, 0.4) is 0 Å². The van der Waals surface area contributed by atoms with Crippen LogP contribution in [0.25, 0.3) is 11.3 Å². The Bertz CT molecular complexity index is 1970. The molecule has 0 spiro atoms. The van der Waals surface area contributed by atoms with Crippen molar-refractivity contribution >= 4 is 40.0 Å². The zero-order valence-corrected chi connectivity index (χ0v) is 26.6. The maximum absolute atomic E-state index is 14.1. The molecule has 2 aliphatic heterocycles. The Morgan fingerprint density at radius 3 is 2.04 bits per heavy atom. The van der Waals surface area contributed by atoms with Crippen LogP contribution in [0.2, 0.25) is 0 Å². The van der Waals surface area contributed by atoms with Gasteiger partial charge in [0.05, 0.1) is 36.8 Å². The number of nitrogens with one attached hydrogen (secondary N) is 2. The molecule has 0 aromatic heterocycles. The van der Waals surface area contributed by atoms with Gasteiger partial charge < -0.3 is 24.9 Å². The van der Waals surface area contributed by atoms with E-state index in [4.69, 9.17) is 19.6 Å². The van der Waals surface area contributed by atoms with Crippen molar-refractivity contribution in [2.45, 2.75) is 13.8 Å². The Morgan fingerprint density at radius 1 is 0.851 bits per heavy atom. The molecule has 8 nitrogen and oxygen atoms in total. The summed E-state index contributed by atoms with van der Waals surface area (Å²) in [5.74, 6) is 2.13. The first-order valence-corrected chi connectivity index (χ1v) is 15.1. The minimum absolute atomic E-state index is 0.248. The smallest absolute Gasteiger partial charge is 0.281 e. The van der Waals surface area contributed by atoms with Crippen molar-refractivity contribution in [1.82, 2.24) is 0 Å². The third-order valence-corrected chi connectivity index (χ3v) is 7.78. The fraction of sp³-hybridized carbons (Fsp3) is 0.103. The van der Waals surface area contributed by atoms with Gasteiger partial charge >= 0.3 is 0 Å². The van der Waals surface area contributed by atoms with Crippen molar-refractivity contribution in [3.05, 3.63) is 155 Å². The molecule has 4 aromatic carbocycles.